The van der Waals surface area contributed by atoms with Crippen LogP contribution in [0.4, 0.5) is 0 Å². The zero-order valence-electron chi connectivity index (χ0n) is 15.1. The molecule has 3 rings (SSSR count). The molecule has 5 heteroatoms. The smallest absolute Gasteiger partial charge is 0.302 e. The Bertz CT molecular complexity index is 975. The van der Waals surface area contributed by atoms with Crippen molar-refractivity contribution in [3.05, 3.63) is 64.4 Å². The standard InChI is InChI=1S/C21H22N2O3/c1-15-9-11-17(12-10-15)20-18-7-3-4-8-19(18)21(25)23(22-20)13-5-6-14-26-16(2)24/h3-4,7-12H,5-6,13-14H2,1-2H3. The first-order valence-electron chi connectivity index (χ1n) is 8.76. The number of fused-ring (bicyclic) bond motifs is 1. The van der Waals surface area contributed by atoms with Crippen molar-refractivity contribution in [2.45, 2.75) is 33.2 Å². The number of ether oxygens (including phenoxy) is 1. The highest BCUT2D eigenvalue weighted by atomic mass is 16.5. The number of esters is 1. The number of aryl methyl sites for hydroxylation is 2. The zero-order valence-corrected chi connectivity index (χ0v) is 15.1. The summed E-state index contributed by atoms with van der Waals surface area (Å²) in [5, 5.41) is 6.15. The van der Waals surface area contributed by atoms with Gasteiger partial charge in [0.2, 0.25) is 0 Å². The third-order valence-corrected chi connectivity index (χ3v) is 4.26. The number of hydrogen-bond donors (Lipinski definition) is 0. The molecule has 0 bridgehead atoms. The van der Waals surface area contributed by atoms with Gasteiger partial charge in [0, 0.05) is 24.4 Å². The summed E-state index contributed by atoms with van der Waals surface area (Å²) in [5.41, 5.74) is 2.88. The Morgan fingerprint density at radius 2 is 1.73 bits per heavy atom. The van der Waals surface area contributed by atoms with Gasteiger partial charge in [-0.15, -0.1) is 0 Å². The van der Waals surface area contributed by atoms with E-state index in [0.717, 1.165) is 16.6 Å². The topological polar surface area (TPSA) is 61.2 Å². The maximum atomic E-state index is 12.8. The molecule has 0 radical (unpaired) electrons. The fraction of sp³-hybridized carbons (Fsp3) is 0.286. The van der Waals surface area contributed by atoms with E-state index in [1.807, 2.05) is 55.5 Å². The van der Waals surface area contributed by atoms with Gasteiger partial charge in [0.1, 0.15) is 0 Å². The first kappa shape index (κ1) is 17.9. The first-order chi connectivity index (χ1) is 12.6. The Hall–Kier alpha value is -2.95. The molecular weight excluding hydrogens is 328 g/mol. The third-order valence-electron chi connectivity index (χ3n) is 4.26. The normalized spacial score (nSPS) is 10.8. The van der Waals surface area contributed by atoms with E-state index in [-0.39, 0.29) is 11.5 Å². The van der Waals surface area contributed by atoms with Gasteiger partial charge in [-0.25, -0.2) is 4.68 Å². The number of unbranched alkanes of at least 4 members (excludes halogenated alkanes) is 1. The van der Waals surface area contributed by atoms with Gasteiger partial charge in [-0.05, 0) is 25.8 Å². The molecule has 134 valence electrons. The summed E-state index contributed by atoms with van der Waals surface area (Å²) in [6.45, 7) is 4.29. The lowest BCUT2D eigenvalue weighted by molar-refractivity contribution is -0.141. The molecule has 5 nitrogen and oxygen atoms in total. The van der Waals surface area contributed by atoms with Crippen LogP contribution in [0.1, 0.15) is 25.3 Å². The molecular formula is C21H22N2O3. The Kier molecular flexibility index (Phi) is 5.46. The second-order valence-corrected chi connectivity index (χ2v) is 6.34. The average Bonchev–Trinajstić information content (AvgIpc) is 2.64. The largest absolute Gasteiger partial charge is 0.466 e. The Balaban J connectivity index is 1.94. The summed E-state index contributed by atoms with van der Waals surface area (Å²) in [6.07, 6.45) is 1.41. The van der Waals surface area contributed by atoms with E-state index < -0.39 is 0 Å². The highest BCUT2D eigenvalue weighted by Crippen LogP contribution is 2.24. The van der Waals surface area contributed by atoms with Crippen LogP contribution in [0, 0.1) is 6.92 Å². The molecule has 0 saturated heterocycles. The lowest BCUT2D eigenvalue weighted by Gasteiger charge is -2.11. The van der Waals surface area contributed by atoms with E-state index in [9.17, 15) is 9.59 Å². The summed E-state index contributed by atoms with van der Waals surface area (Å²) in [7, 11) is 0. The van der Waals surface area contributed by atoms with Crippen molar-refractivity contribution in [2.24, 2.45) is 0 Å². The predicted molar refractivity (Wildman–Crippen MR) is 102 cm³/mol. The molecule has 0 atom stereocenters. The fourth-order valence-corrected chi connectivity index (χ4v) is 2.89. The van der Waals surface area contributed by atoms with Crippen LogP contribution in [0.15, 0.2) is 53.3 Å². The minimum atomic E-state index is -0.285. The number of nitrogens with zero attached hydrogens (tertiary/aromatic N) is 2. The minimum absolute atomic E-state index is 0.0936. The molecule has 0 aliphatic carbocycles. The van der Waals surface area contributed by atoms with Crippen LogP contribution in [0.2, 0.25) is 0 Å². The van der Waals surface area contributed by atoms with E-state index in [1.165, 1.54) is 17.2 Å². The van der Waals surface area contributed by atoms with E-state index in [2.05, 4.69) is 5.10 Å². The summed E-state index contributed by atoms with van der Waals surface area (Å²) in [4.78, 5) is 23.6. The van der Waals surface area contributed by atoms with Crippen LogP contribution in [-0.2, 0) is 16.1 Å². The van der Waals surface area contributed by atoms with Gasteiger partial charge in [-0.1, -0.05) is 48.0 Å². The molecule has 3 aromatic rings. The second-order valence-electron chi connectivity index (χ2n) is 6.34. The van der Waals surface area contributed by atoms with Gasteiger partial charge in [0.15, 0.2) is 0 Å². The van der Waals surface area contributed by atoms with Crippen LogP contribution >= 0.6 is 0 Å². The number of rotatable bonds is 6. The molecule has 0 fully saturated rings. The minimum Gasteiger partial charge on any atom is -0.466 e. The average molecular weight is 350 g/mol. The maximum Gasteiger partial charge on any atom is 0.302 e. The van der Waals surface area contributed by atoms with Gasteiger partial charge < -0.3 is 4.74 Å². The molecule has 1 aromatic heterocycles. The lowest BCUT2D eigenvalue weighted by atomic mass is 10.0. The quantitative estimate of drug-likeness (QED) is 0.502. The van der Waals surface area contributed by atoms with Crippen LogP contribution in [0.25, 0.3) is 22.0 Å². The Morgan fingerprint density at radius 3 is 2.42 bits per heavy atom. The summed E-state index contributed by atoms with van der Waals surface area (Å²) in [5.74, 6) is -0.285. The van der Waals surface area contributed by atoms with Crippen molar-refractivity contribution >= 4 is 16.7 Å². The van der Waals surface area contributed by atoms with Crippen molar-refractivity contribution in [3.63, 3.8) is 0 Å². The summed E-state index contributed by atoms with van der Waals surface area (Å²) < 4.78 is 6.46. The van der Waals surface area contributed by atoms with Gasteiger partial charge >= 0.3 is 5.97 Å². The van der Waals surface area contributed by atoms with Gasteiger partial charge in [-0.2, -0.15) is 5.10 Å². The predicted octanol–water partition coefficient (Wildman–Crippen LogP) is 3.72. The molecule has 0 aliphatic heterocycles. The summed E-state index contributed by atoms with van der Waals surface area (Å²) in [6, 6.07) is 15.7. The van der Waals surface area contributed by atoms with Crippen molar-refractivity contribution < 1.29 is 9.53 Å². The molecule has 1 heterocycles. The molecule has 2 aromatic carbocycles. The maximum absolute atomic E-state index is 12.8. The highest BCUT2D eigenvalue weighted by molar-refractivity contribution is 5.93. The Labute approximate surface area is 152 Å². The van der Waals surface area contributed by atoms with Crippen LogP contribution in [0.5, 0.6) is 0 Å². The van der Waals surface area contributed by atoms with Gasteiger partial charge in [0.05, 0.1) is 17.7 Å². The van der Waals surface area contributed by atoms with Crippen LogP contribution in [0.3, 0.4) is 0 Å². The van der Waals surface area contributed by atoms with Crippen molar-refractivity contribution in [1.82, 2.24) is 9.78 Å². The van der Waals surface area contributed by atoms with Crippen LogP contribution in [-0.4, -0.2) is 22.4 Å². The monoisotopic (exact) mass is 350 g/mol. The third kappa shape index (κ3) is 3.99. The Morgan fingerprint density at radius 1 is 1.04 bits per heavy atom. The number of aromatic nitrogens is 2. The van der Waals surface area contributed by atoms with Crippen molar-refractivity contribution in [2.75, 3.05) is 6.61 Å². The van der Waals surface area contributed by atoms with E-state index in [0.29, 0.717) is 31.4 Å². The molecule has 26 heavy (non-hydrogen) atoms. The lowest BCUT2D eigenvalue weighted by Crippen LogP contribution is -2.24. The molecule has 0 N–H and O–H groups in total. The number of carbonyl (C=O) groups is 1. The molecule has 0 spiro atoms. The summed E-state index contributed by atoms with van der Waals surface area (Å²) >= 11 is 0. The SMILES string of the molecule is CC(=O)OCCCCn1nc(-c2ccc(C)cc2)c2ccccc2c1=O. The first-order valence-corrected chi connectivity index (χ1v) is 8.76. The molecule has 0 aliphatic rings. The fourth-order valence-electron chi connectivity index (χ4n) is 2.89. The molecule has 0 unspecified atom stereocenters. The molecule has 0 amide bonds. The number of benzene rings is 2. The van der Waals surface area contributed by atoms with Crippen LogP contribution < -0.4 is 5.56 Å². The van der Waals surface area contributed by atoms with Crippen molar-refractivity contribution in [1.29, 1.82) is 0 Å². The van der Waals surface area contributed by atoms with E-state index in [4.69, 9.17) is 4.74 Å². The van der Waals surface area contributed by atoms with Crippen molar-refractivity contribution in [3.8, 4) is 11.3 Å². The zero-order chi connectivity index (χ0) is 18.5. The molecule has 0 saturated carbocycles. The highest BCUT2D eigenvalue weighted by Gasteiger charge is 2.11. The number of hydrogen-bond acceptors (Lipinski definition) is 4. The van der Waals surface area contributed by atoms with Gasteiger partial charge in [-0.3, -0.25) is 9.59 Å². The number of carbonyl (C=O) groups excluding carboxylic acids is 1. The second kappa shape index (κ2) is 7.95. The van der Waals surface area contributed by atoms with E-state index in [1.54, 1.807) is 0 Å². The van der Waals surface area contributed by atoms with Gasteiger partial charge in [0.25, 0.3) is 5.56 Å². The van der Waals surface area contributed by atoms with E-state index >= 15 is 0 Å².